The van der Waals surface area contributed by atoms with Gasteiger partial charge in [0.05, 0.1) is 24.3 Å². The highest BCUT2D eigenvalue weighted by molar-refractivity contribution is 5.70. The summed E-state index contributed by atoms with van der Waals surface area (Å²) in [5, 5.41) is 8.72. The van der Waals surface area contributed by atoms with Crippen LogP contribution in [0.1, 0.15) is 22.3 Å². The maximum absolute atomic E-state index is 12.5. The molecule has 2 aromatic rings. The molecular formula is C18H16F3NO3. The van der Waals surface area contributed by atoms with Crippen molar-refractivity contribution in [2.24, 2.45) is 0 Å². The molecule has 0 heterocycles. The molecule has 132 valence electrons. The van der Waals surface area contributed by atoms with Crippen molar-refractivity contribution in [2.75, 3.05) is 0 Å². The van der Waals surface area contributed by atoms with Crippen LogP contribution in [0, 0.1) is 0 Å². The van der Waals surface area contributed by atoms with Crippen molar-refractivity contribution in [3.63, 3.8) is 0 Å². The number of alkyl halides is 3. The first-order valence-electron chi connectivity index (χ1n) is 7.29. The molecule has 2 aromatic carbocycles. The first-order chi connectivity index (χ1) is 11.8. The summed E-state index contributed by atoms with van der Waals surface area (Å²) in [7, 11) is 0. The Morgan fingerprint density at radius 1 is 1.04 bits per heavy atom. The van der Waals surface area contributed by atoms with Crippen LogP contribution in [-0.4, -0.2) is 11.1 Å². The summed E-state index contributed by atoms with van der Waals surface area (Å²) < 4.78 is 37.4. The van der Waals surface area contributed by atoms with Crippen molar-refractivity contribution in [1.29, 1.82) is 0 Å². The summed E-state index contributed by atoms with van der Waals surface area (Å²) in [6.07, 6.45) is -4.43. The Morgan fingerprint density at radius 3 is 2.12 bits per heavy atom. The van der Waals surface area contributed by atoms with E-state index in [-0.39, 0.29) is 13.0 Å². The molecule has 7 heteroatoms. The van der Waals surface area contributed by atoms with E-state index in [4.69, 9.17) is 9.94 Å². The SMILES string of the molecule is C=C(NOCc1ccc(C(F)(F)F)cc1)c1ccc(CC(=O)O)cc1. The van der Waals surface area contributed by atoms with Crippen molar-refractivity contribution in [2.45, 2.75) is 19.2 Å². The van der Waals surface area contributed by atoms with E-state index < -0.39 is 17.7 Å². The van der Waals surface area contributed by atoms with E-state index in [1.165, 1.54) is 12.1 Å². The van der Waals surface area contributed by atoms with Crippen LogP contribution in [0.5, 0.6) is 0 Å². The highest BCUT2D eigenvalue weighted by atomic mass is 19.4. The van der Waals surface area contributed by atoms with Gasteiger partial charge in [-0.15, -0.1) is 0 Å². The third kappa shape index (κ3) is 5.65. The average Bonchev–Trinajstić information content (AvgIpc) is 2.54. The van der Waals surface area contributed by atoms with Crippen molar-refractivity contribution >= 4 is 11.7 Å². The molecule has 0 aliphatic carbocycles. The highest BCUT2D eigenvalue weighted by Gasteiger charge is 2.29. The van der Waals surface area contributed by atoms with Crippen molar-refractivity contribution < 1.29 is 27.9 Å². The maximum atomic E-state index is 12.5. The maximum Gasteiger partial charge on any atom is 0.416 e. The van der Waals surface area contributed by atoms with Crippen LogP contribution >= 0.6 is 0 Å². The second-order valence-corrected chi connectivity index (χ2v) is 5.33. The minimum absolute atomic E-state index is 0.0637. The zero-order chi connectivity index (χ0) is 18.4. The molecule has 0 bridgehead atoms. The van der Waals surface area contributed by atoms with E-state index in [1.807, 2.05) is 0 Å². The number of rotatable bonds is 7. The van der Waals surface area contributed by atoms with E-state index in [1.54, 1.807) is 24.3 Å². The molecule has 0 amide bonds. The smallest absolute Gasteiger partial charge is 0.416 e. The van der Waals surface area contributed by atoms with Crippen LogP contribution < -0.4 is 5.48 Å². The van der Waals surface area contributed by atoms with Gasteiger partial charge in [-0.2, -0.15) is 13.2 Å². The lowest BCUT2D eigenvalue weighted by Crippen LogP contribution is -2.12. The fraction of sp³-hybridized carbons (Fsp3) is 0.167. The zero-order valence-electron chi connectivity index (χ0n) is 13.1. The first kappa shape index (κ1) is 18.5. The van der Waals surface area contributed by atoms with Gasteiger partial charge in [-0.25, -0.2) is 0 Å². The summed E-state index contributed by atoms with van der Waals surface area (Å²) in [5.41, 5.74) is 4.30. The van der Waals surface area contributed by atoms with Gasteiger partial charge in [0, 0.05) is 0 Å². The minimum Gasteiger partial charge on any atom is -0.481 e. The van der Waals surface area contributed by atoms with Crippen LogP contribution in [0.25, 0.3) is 5.70 Å². The zero-order valence-corrected chi connectivity index (χ0v) is 13.1. The number of hydrogen-bond donors (Lipinski definition) is 2. The molecule has 25 heavy (non-hydrogen) atoms. The Hall–Kier alpha value is -2.80. The molecule has 0 aromatic heterocycles. The number of benzene rings is 2. The molecule has 2 N–H and O–H groups in total. The molecule has 2 rings (SSSR count). The summed E-state index contributed by atoms with van der Waals surface area (Å²) >= 11 is 0. The normalized spacial score (nSPS) is 11.2. The van der Waals surface area contributed by atoms with Gasteiger partial charge in [0.1, 0.15) is 0 Å². The van der Waals surface area contributed by atoms with E-state index in [9.17, 15) is 18.0 Å². The lowest BCUT2D eigenvalue weighted by molar-refractivity contribution is -0.138. The highest BCUT2D eigenvalue weighted by Crippen LogP contribution is 2.29. The molecule has 0 radical (unpaired) electrons. The molecule has 0 saturated carbocycles. The Morgan fingerprint density at radius 2 is 1.60 bits per heavy atom. The van der Waals surface area contributed by atoms with E-state index >= 15 is 0 Å². The van der Waals surface area contributed by atoms with E-state index in [2.05, 4.69) is 12.1 Å². The van der Waals surface area contributed by atoms with Crippen molar-refractivity contribution in [1.82, 2.24) is 5.48 Å². The Balaban J connectivity index is 1.85. The summed E-state index contributed by atoms with van der Waals surface area (Å²) in [5.74, 6) is -0.912. The molecule has 0 saturated heterocycles. The lowest BCUT2D eigenvalue weighted by atomic mass is 10.1. The average molecular weight is 351 g/mol. The number of carboxylic acid groups (broad SMARTS) is 1. The van der Waals surface area contributed by atoms with Gasteiger partial charge in [-0.3, -0.25) is 15.1 Å². The second kappa shape index (κ2) is 7.85. The summed E-state index contributed by atoms with van der Waals surface area (Å²) in [4.78, 5) is 15.9. The first-order valence-corrected chi connectivity index (χ1v) is 7.29. The second-order valence-electron chi connectivity index (χ2n) is 5.33. The Bertz CT molecular complexity index is 738. The molecule has 0 spiro atoms. The Labute approximate surface area is 142 Å². The Kier molecular flexibility index (Phi) is 5.82. The van der Waals surface area contributed by atoms with Crippen LogP contribution in [0.4, 0.5) is 13.2 Å². The quantitative estimate of drug-likeness (QED) is 0.740. The monoisotopic (exact) mass is 351 g/mol. The van der Waals surface area contributed by atoms with Gasteiger partial charge in [-0.05, 0) is 28.8 Å². The molecule has 0 fully saturated rings. The van der Waals surface area contributed by atoms with Gasteiger partial charge in [0.25, 0.3) is 0 Å². The molecule has 0 unspecified atom stereocenters. The predicted octanol–water partition coefficient (Wildman–Crippen LogP) is 4.02. The van der Waals surface area contributed by atoms with Gasteiger partial charge in [-0.1, -0.05) is 43.0 Å². The molecule has 0 aliphatic rings. The van der Waals surface area contributed by atoms with Crippen molar-refractivity contribution in [3.8, 4) is 0 Å². The number of halogens is 3. The lowest BCUT2D eigenvalue weighted by Gasteiger charge is -2.11. The number of carbonyl (C=O) groups is 1. The van der Waals surface area contributed by atoms with Crippen LogP contribution in [-0.2, 0) is 28.8 Å². The number of carboxylic acids is 1. The van der Waals surface area contributed by atoms with E-state index in [0.29, 0.717) is 22.4 Å². The fourth-order valence-corrected chi connectivity index (χ4v) is 2.05. The molecule has 0 atom stereocenters. The van der Waals surface area contributed by atoms with Crippen LogP contribution in [0.15, 0.2) is 55.1 Å². The van der Waals surface area contributed by atoms with Crippen LogP contribution in [0.3, 0.4) is 0 Å². The standard InChI is InChI=1S/C18H16F3NO3/c1-12(15-6-2-13(3-7-15)10-17(23)24)22-25-11-14-4-8-16(9-5-14)18(19,20)21/h2-9,22H,1,10-11H2,(H,23,24). The van der Waals surface area contributed by atoms with E-state index in [0.717, 1.165) is 12.1 Å². The minimum atomic E-state index is -4.36. The topological polar surface area (TPSA) is 58.6 Å². The number of aliphatic carboxylic acids is 1. The number of nitrogens with one attached hydrogen (secondary N) is 1. The van der Waals surface area contributed by atoms with Gasteiger partial charge in [0.2, 0.25) is 0 Å². The predicted molar refractivity (Wildman–Crippen MR) is 86.2 cm³/mol. The number of hydrogen-bond acceptors (Lipinski definition) is 3. The van der Waals surface area contributed by atoms with Crippen molar-refractivity contribution in [3.05, 3.63) is 77.4 Å². The van der Waals surface area contributed by atoms with Gasteiger partial charge >= 0.3 is 12.1 Å². The van der Waals surface area contributed by atoms with Gasteiger partial charge in [0.15, 0.2) is 0 Å². The number of hydroxylamine groups is 1. The molecule has 0 aliphatic heterocycles. The third-order valence-electron chi connectivity index (χ3n) is 3.37. The fourth-order valence-electron chi connectivity index (χ4n) is 2.05. The third-order valence-corrected chi connectivity index (χ3v) is 3.37. The summed E-state index contributed by atoms with van der Waals surface area (Å²) in [6, 6.07) is 11.4. The largest absolute Gasteiger partial charge is 0.481 e. The van der Waals surface area contributed by atoms with Crippen LogP contribution in [0.2, 0.25) is 0 Å². The molecule has 4 nitrogen and oxygen atoms in total. The summed E-state index contributed by atoms with van der Waals surface area (Å²) in [6.45, 7) is 3.86. The van der Waals surface area contributed by atoms with Gasteiger partial charge < -0.3 is 5.11 Å². The molecular weight excluding hydrogens is 335 g/mol.